The average Bonchev–Trinajstić information content (AvgIpc) is 2.44. The highest BCUT2D eigenvalue weighted by molar-refractivity contribution is 5.35. The Morgan fingerprint density at radius 1 is 1.35 bits per heavy atom. The van der Waals surface area contributed by atoms with E-state index in [0.29, 0.717) is 24.1 Å². The van der Waals surface area contributed by atoms with Gasteiger partial charge in [0.15, 0.2) is 0 Å². The number of halogens is 1. The summed E-state index contributed by atoms with van der Waals surface area (Å²) in [6.45, 7) is 2.68. The van der Waals surface area contributed by atoms with E-state index in [2.05, 4.69) is 12.2 Å². The van der Waals surface area contributed by atoms with Crippen LogP contribution in [-0.2, 0) is 6.54 Å². The zero-order valence-corrected chi connectivity index (χ0v) is 11.8. The van der Waals surface area contributed by atoms with Crippen molar-refractivity contribution < 1.29 is 9.31 Å². The van der Waals surface area contributed by atoms with Gasteiger partial charge in [-0.05, 0) is 30.4 Å². The van der Waals surface area contributed by atoms with Gasteiger partial charge in [-0.15, -0.1) is 0 Å². The summed E-state index contributed by atoms with van der Waals surface area (Å²) in [6.07, 6.45) is 6.01. The van der Waals surface area contributed by atoms with Crippen molar-refractivity contribution in [2.24, 2.45) is 5.92 Å². The third kappa shape index (κ3) is 3.76. The summed E-state index contributed by atoms with van der Waals surface area (Å²) in [5, 5.41) is 14.2. The quantitative estimate of drug-likeness (QED) is 0.659. The van der Waals surface area contributed by atoms with Gasteiger partial charge in [0.05, 0.1) is 11.0 Å². The van der Waals surface area contributed by atoms with Crippen LogP contribution in [0.15, 0.2) is 18.2 Å². The number of nitro groups is 1. The summed E-state index contributed by atoms with van der Waals surface area (Å²) < 4.78 is 13.4. The van der Waals surface area contributed by atoms with Gasteiger partial charge in [-0.2, -0.15) is 0 Å². The van der Waals surface area contributed by atoms with E-state index in [4.69, 9.17) is 0 Å². The number of hydrogen-bond acceptors (Lipinski definition) is 3. The topological polar surface area (TPSA) is 55.2 Å². The lowest BCUT2D eigenvalue weighted by Crippen LogP contribution is -2.37. The van der Waals surface area contributed by atoms with Gasteiger partial charge in [0.2, 0.25) is 0 Å². The minimum Gasteiger partial charge on any atom is -0.310 e. The molecule has 0 aliphatic heterocycles. The maximum atomic E-state index is 13.4. The molecule has 1 saturated carbocycles. The van der Waals surface area contributed by atoms with E-state index >= 15 is 0 Å². The fourth-order valence-electron chi connectivity index (χ4n) is 3.05. The van der Waals surface area contributed by atoms with E-state index in [1.165, 1.54) is 31.4 Å². The molecule has 0 amide bonds. The first kappa shape index (κ1) is 14.9. The van der Waals surface area contributed by atoms with Gasteiger partial charge < -0.3 is 5.32 Å². The largest absolute Gasteiger partial charge is 0.310 e. The number of nitrogens with zero attached hydrogens (tertiary/aromatic N) is 1. The molecule has 0 aromatic heterocycles. The van der Waals surface area contributed by atoms with Crippen LogP contribution in [0.4, 0.5) is 10.1 Å². The van der Waals surface area contributed by atoms with Crippen LogP contribution < -0.4 is 5.32 Å². The van der Waals surface area contributed by atoms with E-state index < -0.39 is 10.7 Å². The van der Waals surface area contributed by atoms with Crippen LogP contribution >= 0.6 is 0 Å². The third-order valence-electron chi connectivity index (χ3n) is 4.15. The minimum absolute atomic E-state index is 0.183. The summed E-state index contributed by atoms with van der Waals surface area (Å²) in [6, 6.07) is 4.21. The molecule has 2 atom stereocenters. The standard InChI is InChI=1S/C15H21FN2O2/c1-2-12-5-3-4-6-15(12)17-10-11-7-13(16)9-14(8-11)18(19)20/h7-9,12,15,17H,2-6,10H2,1H3. The summed E-state index contributed by atoms with van der Waals surface area (Å²) in [4.78, 5) is 10.2. The summed E-state index contributed by atoms with van der Waals surface area (Å²) in [5.41, 5.74) is 0.453. The molecule has 0 spiro atoms. The van der Waals surface area contributed by atoms with Crippen LogP contribution in [0.25, 0.3) is 0 Å². The first-order chi connectivity index (χ1) is 9.60. The van der Waals surface area contributed by atoms with Crippen molar-refractivity contribution in [1.82, 2.24) is 5.32 Å². The molecule has 1 aromatic rings. The lowest BCUT2D eigenvalue weighted by atomic mass is 9.83. The average molecular weight is 280 g/mol. The van der Waals surface area contributed by atoms with Crippen LogP contribution in [0.5, 0.6) is 0 Å². The second-order valence-electron chi connectivity index (χ2n) is 5.51. The minimum atomic E-state index is -0.554. The zero-order chi connectivity index (χ0) is 14.5. The molecule has 0 bridgehead atoms. The van der Waals surface area contributed by atoms with Crippen LogP contribution in [0.1, 0.15) is 44.6 Å². The number of nitrogens with one attached hydrogen (secondary N) is 1. The Labute approximate surface area is 118 Å². The molecule has 1 aliphatic carbocycles. The molecule has 110 valence electrons. The fourth-order valence-corrected chi connectivity index (χ4v) is 3.05. The molecule has 0 radical (unpaired) electrons. The first-order valence-electron chi connectivity index (χ1n) is 7.27. The maximum absolute atomic E-state index is 13.4. The molecule has 20 heavy (non-hydrogen) atoms. The van der Waals surface area contributed by atoms with Gasteiger partial charge in [-0.3, -0.25) is 10.1 Å². The smallest absolute Gasteiger partial charge is 0.272 e. The monoisotopic (exact) mass is 280 g/mol. The van der Waals surface area contributed by atoms with Crippen LogP contribution in [-0.4, -0.2) is 11.0 Å². The van der Waals surface area contributed by atoms with E-state index in [1.54, 1.807) is 0 Å². The predicted molar refractivity (Wildman–Crippen MR) is 75.9 cm³/mol. The van der Waals surface area contributed by atoms with Crippen molar-refractivity contribution in [2.75, 3.05) is 0 Å². The Morgan fingerprint density at radius 3 is 2.80 bits per heavy atom. The molecule has 1 aliphatic rings. The SMILES string of the molecule is CCC1CCCCC1NCc1cc(F)cc([N+](=O)[O-])c1. The maximum Gasteiger partial charge on any atom is 0.272 e. The van der Waals surface area contributed by atoms with Crippen molar-refractivity contribution in [1.29, 1.82) is 0 Å². The summed E-state index contributed by atoms with van der Waals surface area (Å²) in [5.74, 6) is 0.110. The molecule has 0 saturated heterocycles. The van der Waals surface area contributed by atoms with Crippen molar-refractivity contribution in [3.05, 3.63) is 39.7 Å². The van der Waals surface area contributed by atoms with Crippen molar-refractivity contribution >= 4 is 5.69 Å². The van der Waals surface area contributed by atoms with Gasteiger partial charge in [-0.1, -0.05) is 26.2 Å². The normalized spacial score (nSPS) is 22.7. The van der Waals surface area contributed by atoms with E-state index in [-0.39, 0.29) is 5.69 Å². The molecule has 0 heterocycles. The highest BCUT2D eigenvalue weighted by Crippen LogP contribution is 2.27. The molecule has 2 unspecified atom stereocenters. The number of nitro benzene ring substituents is 1. The van der Waals surface area contributed by atoms with Crippen molar-refractivity contribution in [3.63, 3.8) is 0 Å². The molecular formula is C15H21FN2O2. The zero-order valence-electron chi connectivity index (χ0n) is 11.8. The summed E-state index contributed by atoms with van der Waals surface area (Å²) in [7, 11) is 0. The van der Waals surface area contributed by atoms with E-state index in [1.807, 2.05) is 0 Å². The number of non-ortho nitro benzene ring substituents is 1. The van der Waals surface area contributed by atoms with Crippen LogP contribution in [0, 0.1) is 21.8 Å². The Kier molecular flexibility index (Phi) is 5.06. The highest BCUT2D eigenvalue weighted by Gasteiger charge is 2.23. The van der Waals surface area contributed by atoms with E-state index in [0.717, 1.165) is 18.9 Å². The number of hydrogen-bond donors (Lipinski definition) is 1. The predicted octanol–water partition coefficient (Wildman–Crippen LogP) is 3.79. The number of benzene rings is 1. The lowest BCUT2D eigenvalue weighted by Gasteiger charge is -2.31. The Morgan fingerprint density at radius 2 is 2.10 bits per heavy atom. The molecular weight excluding hydrogens is 259 g/mol. The molecule has 1 N–H and O–H groups in total. The van der Waals surface area contributed by atoms with Crippen molar-refractivity contribution in [2.45, 2.75) is 51.6 Å². The summed E-state index contributed by atoms with van der Waals surface area (Å²) >= 11 is 0. The Bertz CT molecular complexity index is 479. The molecule has 2 rings (SSSR count). The molecule has 1 aromatic carbocycles. The Balaban J connectivity index is 2.01. The molecule has 1 fully saturated rings. The lowest BCUT2D eigenvalue weighted by molar-refractivity contribution is -0.385. The Hall–Kier alpha value is -1.49. The van der Waals surface area contributed by atoms with Gasteiger partial charge >= 0.3 is 0 Å². The molecule has 5 heteroatoms. The number of rotatable bonds is 5. The second kappa shape index (κ2) is 6.79. The second-order valence-corrected chi connectivity index (χ2v) is 5.51. The van der Waals surface area contributed by atoms with E-state index in [9.17, 15) is 14.5 Å². The van der Waals surface area contributed by atoms with Crippen LogP contribution in [0.2, 0.25) is 0 Å². The fraction of sp³-hybridized carbons (Fsp3) is 0.600. The van der Waals surface area contributed by atoms with Crippen LogP contribution in [0.3, 0.4) is 0 Å². The first-order valence-corrected chi connectivity index (χ1v) is 7.27. The van der Waals surface area contributed by atoms with Gasteiger partial charge in [-0.25, -0.2) is 4.39 Å². The third-order valence-corrected chi connectivity index (χ3v) is 4.15. The molecule has 4 nitrogen and oxygen atoms in total. The van der Waals surface area contributed by atoms with Gasteiger partial charge in [0.25, 0.3) is 5.69 Å². The van der Waals surface area contributed by atoms with Crippen molar-refractivity contribution in [3.8, 4) is 0 Å². The van der Waals surface area contributed by atoms with Gasteiger partial charge in [0, 0.05) is 18.7 Å². The van der Waals surface area contributed by atoms with Gasteiger partial charge in [0.1, 0.15) is 5.82 Å². The highest BCUT2D eigenvalue weighted by atomic mass is 19.1.